The maximum Gasteiger partial charge on any atom is 0.312 e. The van der Waals surface area contributed by atoms with Crippen LogP contribution in [0.15, 0.2) is 12.7 Å². The summed E-state index contributed by atoms with van der Waals surface area (Å²) >= 11 is 0. The summed E-state index contributed by atoms with van der Waals surface area (Å²) in [5.41, 5.74) is 0. The van der Waals surface area contributed by atoms with Gasteiger partial charge in [-0.05, 0) is 12.3 Å². The highest BCUT2D eigenvalue weighted by atomic mass is 16.5. The van der Waals surface area contributed by atoms with Crippen LogP contribution in [0.4, 0.5) is 0 Å². The van der Waals surface area contributed by atoms with Gasteiger partial charge in [-0.3, -0.25) is 4.79 Å². The average molecular weight is 156 g/mol. The predicted octanol–water partition coefficient (Wildman–Crippen LogP) is 2.01. The van der Waals surface area contributed by atoms with Crippen LogP contribution in [0.2, 0.25) is 0 Å². The summed E-state index contributed by atoms with van der Waals surface area (Å²) in [6, 6.07) is 0. The van der Waals surface area contributed by atoms with Crippen molar-refractivity contribution in [3.05, 3.63) is 12.7 Å². The highest BCUT2D eigenvalue weighted by Gasteiger charge is 2.15. The number of methoxy groups -OCH3 is 1. The number of hydrogen-bond acceptors (Lipinski definition) is 2. The van der Waals surface area contributed by atoms with Crippen molar-refractivity contribution in [2.45, 2.75) is 20.3 Å². The second kappa shape index (κ2) is 4.94. The van der Waals surface area contributed by atoms with Gasteiger partial charge in [0.1, 0.15) is 0 Å². The number of rotatable bonds is 4. The van der Waals surface area contributed by atoms with E-state index in [1.54, 1.807) is 6.08 Å². The van der Waals surface area contributed by atoms with Gasteiger partial charge in [0.05, 0.1) is 13.0 Å². The zero-order valence-electron chi connectivity index (χ0n) is 7.46. The van der Waals surface area contributed by atoms with Crippen LogP contribution in [0.1, 0.15) is 20.3 Å². The Hall–Kier alpha value is -0.790. The Labute approximate surface area is 68.2 Å². The van der Waals surface area contributed by atoms with E-state index in [2.05, 4.69) is 25.2 Å². The van der Waals surface area contributed by atoms with Crippen LogP contribution in [0, 0.1) is 11.8 Å². The Morgan fingerprint density at radius 3 is 2.45 bits per heavy atom. The molecule has 0 radical (unpaired) electrons. The molecular weight excluding hydrogens is 140 g/mol. The van der Waals surface area contributed by atoms with E-state index in [4.69, 9.17) is 0 Å². The van der Waals surface area contributed by atoms with Crippen molar-refractivity contribution in [2.24, 2.45) is 11.8 Å². The molecule has 2 nitrogen and oxygen atoms in total. The molecule has 0 aromatic rings. The Balaban J connectivity index is 3.95. The molecule has 64 valence electrons. The molecule has 2 heteroatoms. The van der Waals surface area contributed by atoms with Crippen LogP contribution < -0.4 is 0 Å². The van der Waals surface area contributed by atoms with Gasteiger partial charge < -0.3 is 4.74 Å². The fourth-order valence-corrected chi connectivity index (χ4v) is 0.948. The molecule has 0 heterocycles. The van der Waals surface area contributed by atoms with Gasteiger partial charge in [0.25, 0.3) is 0 Å². The van der Waals surface area contributed by atoms with E-state index >= 15 is 0 Å². The lowest BCUT2D eigenvalue weighted by Gasteiger charge is -2.11. The molecule has 0 aliphatic heterocycles. The molecule has 0 amide bonds. The molecule has 0 bridgehead atoms. The molecule has 0 fully saturated rings. The van der Waals surface area contributed by atoms with Crippen LogP contribution in [0.5, 0.6) is 0 Å². The van der Waals surface area contributed by atoms with E-state index in [1.807, 2.05) is 0 Å². The Kier molecular flexibility index (Phi) is 4.59. The molecule has 0 saturated heterocycles. The van der Waals surface area contributed by atoms with Gasteiger partial charge in [-0.1, -0.05) is 19.9 Å². The summed E-state index contributed by atoms with van der Waals surface area (Å²) in [5, 5.41) is 0. The van der Waals surface area contributed by atoms with Crippen molar-refractivity contribution in [1.29, 1.82) is 0 Å². The van der Waals surface area contributed by atoms with Gasteiger partial charge in [-0.2, -0.15) is 0 Å². The topological polar surface area (TPSA) is 26.3 Å². The van der Waals surface area contributed by atoms with Crippen molar-refractivity contribution in [2.75, 3.05) is 7.11 Å². The number of carbonyl (C=O) groups is 1. The molecule has 0 aromatic carbocycles. The first-order valence-corrected chi connectivity index (χ1v) is 3.82. The summed E-state index contributed by atoms with van der Waals surface area (Å²) in [6.07, 6.45) is 2.46. The van der Waals surface area contributed by atoms with Crippen molar-refractivity contribution < 1.29 is 9.53 Å². The summed E-state index contributed by atoms with van der Waals surface area (Å²) in [6.45, 7) is 7.72. The van der Waals surface area contributed by atoms with Crippen LogP contribution in [-0.2, 0) is 9.53 Å². The number of esters is 1. The van der Waals surface area contributed by atoms with Crippen LogP contribution in [0.3, 0.4) is 0 Å². The zero-order valence-corrected chi connectivity index (χ0v) is 7.46. The van der Waals surface area contributed by atoms with Crippen molar-refractivity contribution in [1.82, 2.24) is 0 Å². The highest BCUT2D eigenvalue weighted by Crippen LogP contribution is 2.13. The summed E-state index contributed by atoms with van der Waals surface area (Å²) in [4.78, 5) is 11.0. The normalized spacial score (nSPS) is 12.7. The van der Waals surface area contributed by atoms with E-state index in [0.29, 0.717) is 5.92 Å². The first kappa shape index (κ1) is 10.2. The minimum Gasteiger partial charge on any atom is -0.469 e. The quantitative estimate of drug-likeness (QED) is 0.459. The maximum atomic E-state index is 11.0. The second-order valence-corrected chi connectivity index (χ2v) is 2.99. The van der Waals surface area contributed by atoms with Crippen molar-refractivity contribution in [3.8, 4) is 0 Å². The molecule has 1 unspecified atom stereocenters. The van der Waals surface area contributed by atoms with E-state index < -0.39 is 0 Å². The van der Waals surface area contributed by atoms with Crippen LogP contribution >= 0.6 is 0 Å². The van der Waals surface area contributed by atoms with Crippen LogP contribution in [0.25, 0.3) is 0 Å². The molecule has 1 atom stereocenters. The monoisotopic (exact) mass is 156 g/mol. The Bertz CT molecular complexity index is 138. The van der Waals surface area contributed by atoms with Crippen molar-refractivity contribution >= 4 is 5.97 Å². The lowest BCUT2D eigenvalue weighted by molar-refractivity contribution is -0.144. The molecule has 0 aliphatic carbocycles. The van der Waals surface area contributed by atoms with Gasteiger partial charge in [0.15, 0.2) is 0 Å². The minimum atomic E-state index is -0.186. The largest absolute Gasteiger partial charge is 0.469 e. The van der Waals surface area contributed by atoms with Gasteiger partial charge in [0.2, 0.25) is 0 Å². The Morgan fingerprint density at radius 1 is 1.64 bits per heavy atom. The first-order valence-electron chi connectivity index (χ1n) is 3.82. The fourth-order valence-electron chi connectivity index (χ4n) is 0.948. The average Bonchev–Trinajstić information content (AvgIpc) is 1.98. The molecule has 0 rings (SSSR count). The lowest BCUT2D eigenvalue weighted by Crippen LogP contribution is -2.15. The maximum absolute atomic E-state index is 11.0. The molecule has 0 spiro atoms. The minimum absolute atomic E-state index is 0.139. The summed E-state index contributed by atoms with van der Waals surface area (Å²) < 4.78 is 4.59. The highest BCUT2D eigenvalue weighted by molar-refractivity contribution is 5.74. The van der Waals surface area contributed by atoms with E-state index in [9.17, 15) is 4.79 Å². The number of hydrogen-bond donors (Lipinski definition) is 0. The third-order valence-corrected chi connectivity index (χ3v) is 1.51. The molecular formula is C9H16O2. The van der Waals surface area contributed by atoms with Gasteiger partial charge in [-0.15, -0.1) is 6.58 Å². The zero-order chi connectivity index (χ0) is 8.85. The van der Waals surface area contributed by atoms with Crippen LogP contribution in [-0.4, -0.2) is 13.1 Å². The standard InChI is InChI=1S/C9H16O2/c1-5-8(6-7(2)3)9(10)11-4/h5,7-8H,1,6H2,2-4H3. The van der Waals surface area contributed by atoms with E-state index in [-0.39, 0.29) is 11.9 Å². The molecule has 0 aromatic heterocycles. The predicted molar refractivity (Wildman–Crippen MR) is 45.2 cm³/mol. The smallest absolute Gasteiger partial charge is 0.312 e. The summed E-state index contributed by atoms with van der Waals surface area (Å²) in [7, 11) is 1.40. The third kappa shape index (κ3) is 3.81. The van der Waals surface area contributed by atoms with E-state index in [0.717, 1.165) is 6.42 Å². The molecule has 0 aliphatic rings. The van der Waals surface area contributed by atoms with Gasteiger partial charge in [0, 0.05) is 0 Å². The first-order chi connectivity index (χ1) is 5.11. The second-order valence-electron chi connectivity index (χ2n) is 2.99. The fraction of sp³-hybridized carbons (Fsp3) is 0.667. The third-order valence-electron chi connectivity index (χ3n) is 1.51. The molecule has 0 saturated carbocycles. The SMILES string of the molecule is C=CC(CC(C)C)C(=O)OC. The Morgan fingerprint density at radius 2 is 2.18 bits per heavy atom. The lowest BCUT2D eigenvalue weighted by atomic mass is 9.97. The van der Waals surface area contributed by atoms with Crippen molar-refractivity contribution in [3.63, 3.8) is 0 Å². The van der Waals surface area contributed by atoms with Gasteiger partial charge in [-0.25, -0.2) is 0 Å². The number of ether oxygens (including phenoxy) is 1. The molecule has 0 N–H and O–H groups in total. The number of carbonyl (C=O) groups excluding carboxylic acids is 1. The summed E-state index contributed by atoms with van der Waals surface area (Å²) in [5.74, 6) is 0.172. The molecule has 11 heavy (non-hydrogen) atoms. The van der Waals surface area contributed by atoms with Gasteiger partial charge >= 0.3 is 5.97 Å². The van der Waals surface area contributed by atoms with E-state index in [1.165, 1.54) is 7.11 Å².